The van der Waals surface area contributed by atoms with E-state index in [1.54, 1.807) is 10.7 Å². The van der Waals surface area contributed by atoms with E-state index in [2.05, 4.69) is 94.6 Å². The molecule has 0 spiro atoms. The molecule has 2 nitrogen and oxygen atoms in total. The highest BCUT2D eigenvalue weighted by Crippen LogP contribution is 2.14. The van der Waals surface area contributed by atoms with Gasteiger partial charge in [-0.3, -0.25) is 0 Å². The fraction of sp³-hybridized carbons (Fsp3) is 0.115. The Balaban J connectivity index is 2.01. The molecule has 0 fully saturated rings. The van der Waals surface area contributed by atoms with Crippen LogP contribution in [0.2, 0.25) is 0 Å². The average molecular weight is 457 g/mol. The van der Waals surface area contributed by atoms with E-state index >= 15 is 0 Å². The second-order valence-corrected chi connectivity index (χ2v) is 12.2. The summed E-state index contributed by atoms with van der Waals surface area (Å²) in [6.07, 6.45) is 8.30. The number of nitrogens with zero attached hydrogens (tertiary/aromatic N) is 2. The number of aromatic nitrogens is 2. The third-order valence-electron chi connectivity index (χ3n) is 5.72. The molecule has 4 rings (SSSR count). The van der Waals surface area contributed by atoms with E-state index in [1.165, 1.54) is 26.7 Å². The summed E-state index contributed by atoms with van der Waals surface area (Å²) in [6, 6.07) is 28.9. The maximum Gasteiger partial charge on any atom is 0.168 e. The first-order valence-electron chi connectivity index (χ1n) is 10.3. The monoisotopic (exact) mass is 456 g/mol. The summed E-state index contributed by atoms with van der Waals surface area (Å²) in [5, 5.41) is 7.74. The molecule has 1 aromatic heterocycles. The van der Waals surface area contributed by atoms with Gasteiger partial charge in [0.25, 0.3) is 0 Å². The summed E-state index contributed by atoms with van der Waals surface area (Å²) in [5.74, 6) is 0. The fourth-order valence-electron chi connectivity index (χ4n) is 4.27. The van der Waals surface area contributed by atoms with Gasteiger partial charge in [-0.15, -0.1) is 0 Å². The summed E-state index contributed by atoms with van der Waals surface area (Å²) < 4.78 is 2.22. The van der Waals surface area contributed by atoms with Gasteiger partial charge in [0.2, 0.25) is 0 Å². The molecule has 0 aliphatic heterocycles. The second kappa shape index (κ2) is 10.0. The minimum atomic E-state index is -2.42. The average Bonchev–Trinajstić information content (AvgIpc) is 3.32. The molecular formula is C26H24N2S2Si. The maximum absolute atomic E-state index is 5.16. The van der Waals surface area contributed by atoms with E-state index in [9.17, 15) is 0 Å². The van der Waals surface area contributed by atoms with Crippen molar-refractivity contribution in [2.75, 3.05) is 0 Å². The van der Waals surface area contributed by atoms with Crippen LogP contribution >= 0.6 is 24.4 Å². The van der Waals surface area contributed by atoms with Crippen LogP contribution in [0.1, 0.15) is 11.1 Å². The van der Waals surface area contributed by atoms with Crippen LogP contribution in [0.25, 0.3) is 0 Å². The van der Waals surface area contributed by atoms with Gasteiger partial charge < -0.3 is 4.57 Å². The number of benzene rings is 3. The van der Waals surface area contributed by atoms with Gasteiger partial charge in [-0.25, -0.2) is 4.98 Å². The number of imidazole rings is 1. The van der Waals surface area contributed by atoms with Crippen molar-refractivity contribution in [3.63, 3.8) is 0 Å². The Hall–Kier alpha value is -2.73. The molecular weight excluding hydrogens is 433 g/mol. The van der Waals surface area contributed by atoms with Crippen molar-refractivity contribution >= 4 is 58.8 Å². The lowest BCUT2D eigenvalue weighted by Gasteiger charge is -2.34. The number of thiocarbonyl (C=S) groups is 2. The molecule has 154 valence electrons. The van der Waals surface area contributed by atoms with Gasteiger partial charge in [-0.2, -0.15) is 0 Å². The lowest BCUT2D eigenvalue weighted by atomic mass is 10.2. The van der Waals surface area contributed by atoms with Crippen molar-refractivity contribution in [2.24, 2.45) is 0 Å². The first kappa shape index (κ1) is 21.5. The van der Waals surface area contributed by atoms with E-state index in [0.717, 1.165) is 19.0 Å². The van der Waals surface area contributed by atoms with Crippen molar-refractivity contribution in [3.05, 3.63) is 109 Å². The number of hydrogen-bond donors (Lipinski definition) is 0. The largest absolute Gasteiger partial charge is 0.339 e. The smallest absolute Gasteiger partial charge is 0.168 e. The molecule has 4 aromatic rings. The zero-order valence-electron chi connectivity index (χ0n) is 17.2. The van der Waals surface area contributed by atoms with Crippen LogP contribution in [0, 0.1) is 0 Å². The quantitative estimate of drug-likeness (QED) is 0.217. The van der Waals surface area contributed by atoms with E-state index in [4.69, 9.17) is 24.4 Å². The maximum atomic E-state index is 5.16. The fourth-order valence-corrected chi connectivity index (χ4v) is 9.32. The van der Waals surface area contributed by atoms with Gasteiger partial charge in [0.15, 0.2) is 8.07 Å². The Morgan fingerprint density at radius 3 is 1.84 bits per heavy atom. The molecule has 0 radical (unpaired) electrons. The normalized spacial score (nSPS) is 11.2. The Morgan fingerprint density at radius 1 is 0.742 bits per heavy atom. The highest BCUT2D eigenvalue weighted by atomic mass is 32.1. The van der Waals surface area contributed by atoms with Gasteiger partial charge in [-0.05, 0) is 37.4 Å². The van der Waals surface area contributed by atoms with Crippen LogP contribution in [0.15, 0.2) is 97.6 Å². The standard InChI is InChI=1S/C26H24N2S2Si/c29-16-12-22-6-4-10-25(18-22)31(21-28-15-14-27-20-28,24-8-2-1-3-9-24)26-11-5-7-23(19-26)13-17-30/h1-11,14-20H,12-13,21H2. The summed E-state index contributed by atoms with van der Waals surface area (Å²) in [7, 11) is -2.42. The first-order chi connectivity index (χ1) is 15.3. The van der Waals surface area contributed by atoms with Crippen LogP contribution in [0.4, 0.5) is 0 Å². The second-order valence-electron chi connectivity index (χ2n) is 7.65. The van der Waals surface area contributed by atoms with Crippen LogP contribution in [0.5, 0.6) is 0 Å². The summed E-state index contributed by atoms with van der Waals surface area (Å²) in [6.45, 7) is 0. The summed E-state index contributed by atoms with van der Waals surface area (Å²) in [5.41, 5.74) is 2.50. The van der Waals surface area contributed by atoms with Crippen molar-refractivity contribution in [1.82, 2.24) is 9.55 Å². The van der Waals surface area contributed by atoms with Crippen molar-refractivity contribution in [3.8, 4) is 0 Å². The SMILES string of the molecule is S=CCc1cccc([Si](Cn2ccnc2)(c2ccccc2)c2cccc(CC=S)c2)c1. The zero-order valence-corrected chi connectivity index (χ0v) is 19.9. The molecule has 0 bridgehead atoms. The van der Waals surface area contributed by atoms with Crippen LogP contribution in [-0.4, -0.2) is 28.4 Å². The molecule has 3 aromatic carbocycles. The molecule has 0 saturated heterocycles. The van der Waals surface area contributed by atoms with E-state index in [1.807, 2.05) is 12.5 Å². The number of rotatable bonds is 9. The first-order valence-corrected chi connectivity index (χ1v) is 13.5. The molecule has 1 heterocycles. The van der Waals surface area contributed by atoms with Gasteiger partial charge in [0.1, 0.15) is 0 Å². The summed E-state index contributed by atoms with van der Waals surface area (Å²) >= 11 is 10.3. The van der Waals surface area contributed by atoms with Gasteiger partial charge in [-0.1, -0.05) is 103 Å². The Labute approximate surface area is 195 Å². The lowest BCUT2D eigenvalue weighted by molar-refractivity contribution is 0.862. The van der Waals surface area contributed by atoms with Gasteiger partial charge >= 0.3 is 0 Å². The zero-order chi connectivity index (χ0) is 21.5. The number of hydrogen-bond acceptors (Lipinski definition) is 3. The Morgan fingerprint density at radius 2 is 1.32 bits per heavy atom. The highest BCUT2D eigenvalue weighted by Gasteiger charge is 2.40. The molecule has 0 aliphatic carbocycles. The molecule has 5 heteroatoms. The third kappa shape index (κ3) is 4.64. The van der Waals surface area contributed by atoms with Gasteiger partial charge in [0.05, 0.1) is 6.33 Å². The van der Waals surface area contributed by atoms with Crippen molar-refractivity contribution in [1.29, 1.82) is 0 Å². The van der Waals surface area contributed by atoms with Crippen LogP contribution in [-0.2, 0) is 19.0 Å². The Kier molecular flexibility index (Phi) is 6.97. The van der Waals surface area contributed by atoms with E-state index in [-0.39, 0.29) is 0 Å². The third-order valence-corrected chi connectivity index (χ3v) is 10.8. The highest BCUT2D eigenvalue weighted by molar-refractivity contribution is 7.79. The predicted molar refractivity (Wildman–Crippen MR) is 141 cm³/mol. The molecule has 0 atom stereocenters. The molecule has 0 unspecified atom stereocenters. The molecule has 0 aliphatic rings. The van der Waals surface area contributed by atoms with E-state index < -0.39 is 8.07 Å². The lowest BCUT2D eigenvalue weighted by Crippen LogP contribution is -2.69. The van der Waals surface area contributed by atoms with Crippen LogP contribution < -0.4 is 15.6 Å². The molecule has 0 saturated carbocycles. The topological polar surface area (TPSA) is 17.8 Å². The molecule has 31 heavy (non-hydrogen) atoms. The molecule has 0 amide bonds. The van der Waals surface area contributed by atoms with E-state index in [0.29, 0.717) is 0 Å². The minimum Gasteiger partial charge on any atom is -0.339 e. The minimum absolute atomic E-state index is 0.790. The van der Waals surface area contributed by atoms with Crippen molar-refractivity contribution < 1.29 is 0 Å². The van der Waals surface area contributed by atoms with Gasteiger partial charge in [0, 0.05) is 31.4 Å². The van der Waals surface area contributed by atoms with Crippen molar-refractivity contribution in [2.45, 2.75) is 19.0 Å². The summed E-state index contributed by atoms with van der Waals surface area (Å²) in [4.78, 5) is 4.33. The Bertz CT molecular complexity index is 1100. The van der Waals surface area contributed by atoms with Crippen LogP contribution in [0.3, 0.4) is 0 Å². The molecule has 0 N–H and O–H groups in total. The predicted octanol–water partition coefficient (Wildman–Crippen LogP) is 3.68.